The van der Waals surface area contributed by atoms with Gasteiger partial charge in [0.2, 0.25) is 5.83 Å². The Morgan fingerprint density at radius 1 is 1.17 bits per heavy atom. The SMILES string of the molecule is CCOC(=O)/C(F)=C(/c1ccco1)C(F)(F)C(F)(F)C(F)(F)F. The van der Waals surface area contributed by atoms with Crippen molar-refractivity contribution in [2.45, 2.75) is 24.9 Å². The maximum atomic E-state index is 13.8. The van der Waals surface area contributed by atoms with Crippen LogP contribution in [0.1, 0.15) is 12.7 Å². The standard InChI is InChI=1S/C12H8F8O3/c1-2-22-9(21)8(13)7(6-4-3-5-23-6)10(14,15)11(16,17)12(18,19)20/h3-5H,2H2,1H3/b8-7+. The lowest BCUT2D eigenvalue weighted by atomic mass is 9.98. The van der Waals surface area contributed by atoms with Crippen LogP contribution in [0.4, 0.5) is 35.1 Å². The highest BCUT2D eigenvalue weighted by Crippen LogP contribution is 2.53. The summed E-state index contributed by atoms with van der Waals surface area (Å²) in [5.41, 5.74) is -2.55. The van der Waals surface area contributed by atoms with Gasteiger partial charge in [0.15, 0.2) is 0 Å². The molecule has 0 radical (unpaired) electrons. The number of ether oxygens (including phenoxy) is 1. The molecule has 0 amide bonds. The van der Waals surface area contributed by atoms with Crippen molar-refractivity contribution in [3.63, 3.8) is 0 Å². The zero-order valence-electron chi connectivity index (χ0n) is 11.2. The Labute approximate surface area is 123 Å². The predicted octanol–water partition coefficient (Wildman–Crippen LogP) is 4.36. The first-order chi connectivity index (χ1) is 10.4. The van der Waals surface area contributed by atoms with Crippen LogP contribution in [0.5, 0.6) is 0 Å². The number of halogens is 8. The molecule has 0 fully saturated rings. The lowest BCUT2D eigenvalue weighted by molar-refractivity contribution is -0.339. The van der Waals surface area contributed by atoms with Gasteiger partial charge in [-0.05, 0) is 19.1 Å². The van der Waals surface area contributed by atoms with Crippen molar-refractivity contribution in [2.24, 2.45) is 0 Å². The number of esters is 1. The third kappa shape index (κ3) is 3.32. The molecular weight excluding hydrogens is 344 g/mol. The Hall–Kier alpha value is -2.07. The van der Waals surface area contributed by atoms with Crippen LogP contribution in [-0.4, -0.2) is 30.6 Å². The summed E-state index contributed by atoms with van der Waals surface area (Å²) < 4.78 is 112. The topological polar surface area (TPSA) is 39.4 Å². The van der Waals surface area contributed by atoms with E-state index in [2.05, 4.69) is 9.15 Å². The van der Waals surface area contributed by atoms with Gasteiger partial charge in [-0.1, -0.05) is 0 Å². The van der Waals surface area contributed by atoms with Crippen molar-refractivity contribution >= 4 is 11.5 Å². The first kappa shape index (κ1) is 19.0. The molecule has 0 aromatic carbocycles. The third-order valence-corrected chi connectivity index (χ3v) is 2.51. The summed E-state index contributed by atoms with van der Waals surface area (Å²) in [5, 5.41) is 0. The van der Waals surface area contributed by atoms with E-state index in [9.17, 15) is 39.9 Å². The maximum absolute atomic E-state index is 13.8. The number of carbonyl (C=O) groups excluding carboxylic acids is 1. The fourth-order valence-electron chi connectivity index (χ4n) is 1.45. The number of hydrogen-bond acceptors (Lipinski definition) is 3. The Kier molecular flexibility index (Phi) is 5.12. The van der Waals surface area contributed by atoms with E-state index in [4.69, 9.17) is 0 Å². The molecule has 23 heavy (non-hydrogen) atoms. The highest BCUT2D eigenvalue weighted by molar-refractivity contribution is 5.96. The Bertz CT molecular complexity index is 586. The molecule has 0 saturated heterocycles. The van der Waals surface area contributed by atoms with Crippen molar-refractivity contribution < 1.29 is 49.1 Å². The third-order valence-electron chi connectivity index (χ3n) is 2.51. The average molecular weight is 352 g/mol. The summed E-state index contributed by atoms with van der Waals surface area (Å²) in [4.78, 5) is 11.1. The number of furan rings is 1. The molecule has 0 aliphatic carbocycles. The minimum Gasteiger partial charge on any atom is -0.464 e. The molecule has 1 rings (SSSR count). The number of alkyl halides is 7. The minimum absolute atomic E-state index is 0.495. The molecule has 0 aliphatic rings. The van der Waals surface area contributed by atoms with Crippen LogP contribution < -0.4 is 0 Å². The molecule has 1 heterocycles. The molecular formula is C12H8F8O3. The molecule has 11 heteroatoms. The van der Waals surface area contributed by atoms with Crippen molar-refractivity contribution in [3.05, 3.63) is 30.0 Å². The van der Waals surface area contributed by atoms with Crippen molar-refractivity contribution in [2.75, 3.05) is 6.61 Å². The highest BCUT2D eigenvalue weighted by Gasteiger charge is 2.75. The summed E-state index contributed by atoms with van der Waals surface area (Å²) in [5.74, 6) is -18.9. The zero-order chi connectivity index (χ0) is 18.1. The molecule has 130 valence electrons. The summed E-state index contributed by atoms with van der Waals surface area (Å²) in [6.07, 6.45) is -6.08. The first-order valence-corrected chi connectivity index (χ1v) is 5.81. The molecule has 1 aromatic heterocycles. The molecule has 3 nitrogen and oxygen atoms in total. The van der Waals surface area contributed by atoms with Crippen LogP contribution in [0.3, 0.4) is 0 Å². The summed E-state index contributed by atoms with van der Waals surface area (Å²) in [6, 6.07) is 1.32. The monoisotopic (exact) mass is 352 g/mol. The minimum atomic E-state index is -6.71. The number of hydrogen-bond donors (Lipinski definition) is 0. The number of allylic oxidation sites excluding steroid dienone is 1. The van der Waals surface area contributed by atoms with Gasteiger partial charge in [0.25, 0.3) is 0 Å². The molecule has 0 unspecified atom stereocenters. The first-order valence-electron chi connectivity index (χ1n) is 5.81. The van der Waals surface area contributed by atoms with Gasteiger partial charge in [-0.25, -0.2) is 4.79 Å². The van der Waals surface area contributed by atoms with Gasteiger partial charge in [-0.15, -0.1) is 0 Å². The van der Waals surface area contributed by atoms with E-state index < -0.39 is 47.8 Å². The second-order valence-corrected chi connectivity index (χ2v) is 4.03. The van der Waals surface area contributed by atoms with Gasteiger partial charge in [0, 0.05) is 0 Å². The van der Waals surface area contributed by atoms with Gasteiger partial charge in [0.05, 0.1) is 12.9 Å². The summed E-state index contributed by atoms with van der Waals surface area (Å²) in [6.45, 7) is 0.610. The quantitative estimate of drug-likeness (QED) is 0.449. The average Bonchev–Trinajstić information content (AvgIpc) is 2.90. The van der Waals surface area contributed by atoms with Crippen LogP contribution in [0.25, 0.3) is 5.57 Å². The van der Waals surface area contributed by atoms with E-state index >= 15 is 0 Å². The summed E-state index contributed by atoms with van der Waals surface area (Å²) in [7, 11) is 0. The smallest absolute Gasteiger partial charge is 0.460 e. The molecule has 1 aromatic rings. The Balaban J connectivity index is 3.60. The summed E-state index contributed by atoms with van der Waals surface area (Å²) >= 11 is 0. The van der Waals surface area contributed by atoms with E-state index in [1.54, 1.807) is 0 Å². The molecule has 0 atom stereocenters. The van der Waals surface area contributed by atoms with E-state index in [-0.39, 0.29) is 0 Å². The zero-order valence-corrected chi connectivity index (χ0v) is 11.2. The molecule has 0 saturated carbocycles. The van der Waals surface area contributed by atoms with Gasteiger partial charge >= 0.3 is 24.0 Å². The number of carbonyl (C=O) groups is 1. The van der Waals surface area contributed by atoms with Crippen molar-refractivity contribution in [1.82, 2.24) is 0 Å². The highest BCUT2D eigenvalue weighted by atomic mass is 19.4. The van der Waals surface area contributed by atoms with E-state index in [1.807, 2.05) is 0 Å². The van der Waals surface area contributed by atoms with Crippen LogP contribution >= 0.6 is 0 Å². The van der Waals surface area contributed by atoms with Gasteiger partial charge in [-0.2, -0.15) is 35.1 Å². The lowest BCUT2D eigenvalue weighted by Gasteiger charge is -2.29. The maximum Gasteiger partial charge on any atom is 0.460 e. The fourth-order valence-corrected chi connectivity index (χ4v) is 1.45. The van der Waals surface area contributed by atoms with Gasteiger partial charge < -0.3 is 9.15 Å². The second kappa shape index (κ2) is 6.20. The van der Waals surface area contributed by atoms with E-state index in [0.29, 0.717) is 12.3 Å². The second-order valence-electron chi connectivity index (χ2n) is 4.03. The van der Waals surface area contributed by atoms with Gasteiger partial charge in [-0.3, -0.25) is 0 Å². The molecule has 0 bridgehead atoms. The van der Waals surface area contributed by atoms with E-state index in [1.165, 1.54) is 0 Å². The normalized spacial score (nSPS) is 14.5. The fraction of sp³-hybridized carbons (Fsp3) is 0.417. The molecule has 0 spiro atoms. The lowest BCUT2D eigenvalue weighted by Crippen LogP contribution is -2.52. The van der Waals surface area contributed by atoms with Crippen LogP contribution in [0.15, 0.2) is 28.6 Å². The largest absolute Gasteiger partial charge is 0.464 e. The van der Waals surface area contributed by atoms with Crippen molar-refractivity contribution in [3.8, 4) is 0 Å². The van der Waals surface area contributed by atoms with Crippen LogP contribution in [-0.2, 0) is 9.53 Å². The van der Waals surface area contributed by atoms with Crippen molar-refractivity contribution in [1.29, 1.82) is 0 Å². The predicted molar refractivity (Wildman–Crippen MR) is 59.3 cm³/mol. The van der Waals surface area contributed by atoms with Crippen LogP contribution in [0.2, 0.25) is 0 Å². The Morgan fingerprint density at radius 2 is 1.74 bits per heavy atom. The number of rotatable bonds is 5. The molecule has 0 aliphatic heterocycles. The van der Waals surface area contributed by atoms with Gasteiger partial charge in [0.1, 0.15) is 11.3 Å². The molecule has 0 N–H and O–H groups in total. The van der Waals surface area contributed by atoms with E-state index in [0.717, 1.165) is 13.0 Å². The van der Waals surface area contributed by atoms with Crippen LogP contribution in [0, 0.1) is 0 Å². The Morgan fingerprint density at radius 3 is 2.13 bits per heavy atom.